The minimum atomic E-state index is -0.310. The number of amides is 1. The van der Waals surface area contributed by atoms with Gasteiger partial charge < -0.3 is 10.6 Å². The lowest BCUT2D eigenvalue weighted by Gasteiger charge is -2.06. The summed E-state index contributed by atoms with van der Waals surface area (Å²) in [6, 6.07) is 12.1. The fourth-order valence-electron chi connectivity index (χ4n) is 1.34. The number of anilines is 2. The van der Waals surface area contributed by atoms with Gasteiger partial charge in [-0.2, -0.15) is 5.10 Å². The number of rotatable bonds is 4. The number of benzene rings is 1. The average molecular weight is 244 g/mol. The van der Waals surface area contributed by atoms with Crippen molar-refractivity contribution in [3.63, 3.8) is 0 Å². The van der Waals surface area contributed by atoms with Crippen LogP contribution in [0.4, 0.5) is 11.5 Å². The molecule has 6 heteroatoms. The lowest BCUT2D eigenvalue weighted by Crippen LogP contribution is -2.23. The standard InChI is InChI=1S/C12H12N4O2/c17-11-7-6-10(15-16-11)14-12(18)8-13-9-4-2-1-3-5-9/h1-7,13H,8H2,(H,16,17)(H,14,15,18). The highest BCUT2D eigenvalue weighted by atomic mass is 16.2. The zero-order valence-corrected chi connectivity index (χ0v) is 9.51. The summed E-state index contributed by atoms with van der Waals surface area (Å²) in [6.45, 7) is 0.130. The first kappa shape index (κ1) is 11.8. The van der Waals surface area contributed by atoms with E-state index in [4.69, 9.17) is 0 Å². The number of hydrogen-bond acceptors (Lipinski definition) is 4. The van der Waals surface area contributed by atoms with Crippen molar-refractivity contribution in [2.24, 2.45) is 0 Å². The van der Waals surface area contributed by atoms with Gasteiger partial charge in [-0.1, -0.05) is 18.2 Å². The maximum Gasteiger partial charge on any atom is 0.264 e. The van der Waals surface area contributed by atoms with Crippen molar-refractivity contribution >= 4 is 17.4 Å². The van der Waals surface area contributed by atoms with Crippen LogP contribution in [0.25, 0.3) is 0 Å². The Bertz CT molecular complexity index is 560. The van der Waals surface area contributed by atoms with E-state index in [1.165, 1.54) is 12.1 Å². The molecule has 0 saturated carbocycles. The Labute approximate surface area is 103 Å². The molecule has 3 N–H and O–H groups in total. The molecule has 0 aliphatic heterocycles. The zero-order chi connectivity index (χ0) is 12.8. The largest absolute Gasteiger partial charge is 0.376 e. The molecule has 0 radical (unpaired) electrons. The van der Waals surface area contributed by atoms with Crippen molar-refractivity contribution in [2.75, 3.05) is 17.2 Å². The minimum Gasteiger partial charge on any atom is -0.376 e. The van der Waals surface area contributed by atoms with E-state index in [1.54, 1.807) is 0 Å². The van der Waals surface area contributed by atoms with E-state index >= 15 is 0 Å². The fraction of sp³-hybridized carbons (Fsp3) is 0.0833. The van der Waals surface area contributed by atoms with Gasteiger partial charge in [0.05, 0.1) is 6.54 Å². The summed E-state index contributed by atoms with van der Waals surface area (Å²) < 4.78 is 0. The second-order valence-corrected chi connectivity index (χ2v) is 3.57. The van der Waals surface area contributed by atoms with Crippen molar-refractivity contribution in [1.82, 2.24) is 10.2 Å². The van der Waals surface area contributed by atoms with Gasteiger partial charge in [0.2, 0.25) is 5.91 Å². The van der Waals surface area contributed by atoms with Gasteiger partial charge >= 0.3 is 0 Å². The molecule has 18 heavy (non-hydrogen) atoms. The van der Waals surface area contributed by atoms with Crippen LogP contribution >= 0.6 is 0 Å². The van der Waals surface area contributed by atoms with Crippen molar-refractivity contribution in [2.45, 2.75) is 0 Å². The van der Waals surface area contributed by atoms with Crippen LogP contribution in [0, 0.1) is 0 Å². The van der Waals surface area contributed by atoms with Crippen LogP contribution in [-0.4, -0.2) is 22.6 Å². The van der Waals surface area contributed by atoms with Crippen molar-refractivity contribution in [3.8, 4) is 0 Å². The maximum atomic E-state index is 11.6. The molecule has 0 spiro atoms. The van der Waals surface area contributed by atoms with E-state index in [1.807, 2.05) is 30.3 Å². The van der Waals surface area contributed by atoms with E-state index in [9.17, 15) is 9.59 Å². The molecule has 0 fully saturated rings. The third kappa shape index (κ3) is 3.44. The molecular weight excluding hydrogens is 232 g/mol. The van der Waals surface area contributed by atoms with Crippen molar-refractivity contribution in [1.29, 1.82) is 0 Å². The molecule has 1 heterocycles. The second-order valence-electron chi connectivity index (χ2n) is 3.57. The quantitative estimate of drug-likeness (QED) is 0.743. The molecule has 2 aromatic rings. The Morgan fingerprint density at radius 3 is 2.61 bits per heavy atom. The maximum absolute atomic E-state index is 11.6. The summed E-state index contributed by atoms with van der Waals surface area (Å²) in [6.07, 6.45) is 0. The second kappa shape index (κ2) is 5.62. The average Bonchev–Trinajstić information content (AvgIpc) is 2.40. The third-order valence-corrected chi connectivity index (χ3v) is 2.17. The summed E-state index contributed by atoms with van der Waals surface area (Å²) >= 11 is 0. The lowest BCUT2D eigenvalue weighted by atomic mass is 10.3. The Morgan fingerprint density at radius 1 is 1.17 bits per heavy atom. The molecular formula is C12H12N4O2. The van der Waals surface area contributed by atoms with E-state index in [2.05, 4.69) is 20.8 Å². The number of carbonyl (C=O) groups excluding carboxylic acids is 1. The predicted octanol–water partition coefficient (Wildman–Crippen LogP) is 0.820. The normalized spacial score (nSPS) is 9.78. The Kier molecular flexibility index (Phi) is 3.70. The smallest absolute Gasteiger partial charge is 0.264 e. The first-order chi connectivity index (χ1) is 8.74. The van der Waals surface area contributed by atoms with Crippen LogP contribution in [0.5, 0.6) is 0 Å². The summed E-state index contributed by atoms with van der Waals surface area (Å²) in [7, 11) is 0. The summed E-state index contributed by atoms with van der Waals surface area (Å²) in [5.41, 5.74) is 0.553. The number of aromatic nitrogens is 2. The van der Waals surface area contributed by atoms with Crippen molar-refractivity contribution in [3.05, 3.63) is 52.8 Å². The fourth-order valence-corrected chi connectivity index (χ4v) is 1.34. The number of nitrogens with one attached hydrogen (secondary N) is 3. The Morgan fingerprint density at radius 2 is 1.94 bits per heavy atom. The Balaban J connectivity index is 1.86. The first-order valence-electron chi connectivity index (χ1n) is 5.38. The van der Waals surface area contributed by atoms with Gasteiger partial charge in [-0.25, -0.2) is 5.10 Å². The molecule has 6 nitrogen and oxygen atoms in total. The van der Waals surface area contributed by atoms with Gasteiger partial charge in [-0.05, 0) is 18.2 Å². The summed E-state index contributed by atoms with van der Waals surface area (Å²) in [5.74, 6) is 0.0767. The van der Waals surface area contributed by atoms with Crippen LogP contribution in [-0.2, 0) is 4.79 Å². The molecule has 0 bridgehead atoms. The highest BCUT2D eigenvalue weighted by molar-refractivity contribution is 5.92. The van der Waals surface area contributed by atoms with Gasteiger partial charge in [0.25, 0.3) is 5.56 Å². The van der Waals surface area contributed by atoms with Gasteiger partial charge in [0.15, 0.2) is 5.82 Å². The predicted molar refractivity (Wildman–Crippen MR) is 68.4 cm³/mol. The Hall–Kier alpha value is -2.63. The number of nitrogens with zero attached hydrogens (tertiary/aromatic N) is 1. The topological polar surface area (TPSA) is 86.9 Å². The summed E-state index contributed by atoms with van der Waals surface area (Å²) in [4.78, 5) is 22.3. The number of hydrogen-bond donors (Lipinski definition) is 3. The van der Waals surface area contributed by atoms with Crippen molar-refractivity contribution < 1.29 is 4.79 Å². The monoisotopic (exact) mass is 244 g/mol. The van der Waals surface area contributed by atoms with Gasteiger partial charge in [-0.3, -0.25) is 9.59 Å². The number of aromatic amines is 1. The molecule has 92 valence electrons. The highest BCUT2D eigenvalue weighted by Crippen LogP contribution is 2.04. The number of carbonyl (C=O) groups is 1. The summed E-state index contributed by atoms with van der Waals surface area (Å²) in [5, 5.41) is 11.4. The van der Waals surface area contributed by atoms with Crippen LogP contribution in [0.2, 0.25) is 0 Å². The molecule has 0 saturated heterocycles. The van der Waals surface area contributed by atoms with E-state index in [0.29, 0.717) is 5.82 Å². The van der Waals surface area contributed by atoms with Crippen LogP contribution in [0.3, 0.4) is 0 Å². The van der Waals surface area contributed by atoms with Crippen LogP contribution < -0.4 is 16.2 Å². The van der Waals surface area contributed by atoms with Gasteiger partial charge in [-0.15, -0.1) is 0 Å². The van der Waals surface area contributed by atoms with Gasteiger partial charge in [0.1, 0.15) is 0 Å². The third-order valence-electron chi connectivity index (χ3n) is 2.17. The molecule has 0 aliphatic carbocycles. The molecule has 1 aromatic carbocycles. The van der Waals surface area contributed by atoms with Gasteiger partial charge in [0, 0.05) is 11.8 Å². The SMILES string of the molecule is O=C(CNc1ccccc1)Nc1ccc(=O)[nH]n1. The van der Waals surface area contributed by atoms with E-state index < -0.39 is 0 Å². The van der Waals surface area contributed by atoms with E-state index in [-0.39, 0.29) is 18.0 Å². The van der Waals surface area contributed by atoms with Crippen LogP contribution in [0.15, 0.2) is 47.3 Å². The molecule has 1 aromatic heterocycles. The molecule has 0 unspecified atom stereocenters. The molecule has 0 aliphatic rings. The highest BCUT2D eigenvalue weighted by Gasteiger charge is 2.02. The van der Waals surface area contributed by atoms with Crippen LogP contribution in [0.1, 0.15) is 0 Å². The molecule has 2 rings (SSSR count). The molecule has 1 amide bonds. The molecule has 0 atom stereocenters. The van der Waals surface area contributed by atoms with E-state index in [0.717, 1.165) is 5.69 Å². The lowest BCUT2D eigenvalue weighted by molar-refractivity contribution is -0.114. The number of para-hydroxylation sites is 1. The zero-order valence-electron chi connectivity index (χ0n) is 9.51. The first-order valence-corrected chi connectivity index (χ1v) is 5.38. The number of H-pyrrole nitrogens is 1. The minimum absolute atomic E-state index is 0.130.